The van der Waals surface area contributed by atoms with Crippen LogP contribution in [0.4, 0.5) is 0 Å². The lowest BCUT2D eigenvalue weighted by atomic mass is 10.1. The maximum Gasteiger partial charge on any atom is 0.328 e. The molecule has 12 nitrogen and oxygen atoms in total. The van der Waals surface area contributed by atoms with Crippen LogP contribution in [0, 0.1) is 0 Å². The number of hydrogen-bond acceptors (Lipinski definition) is 7. The molecule has 0 saturated carbocycles. The Hall–Kier alpha value is -3.54. The normalized spacial score (nSPS) is 13.6. The van der Waals surface area contributed by atoms with Gasteiger partial charge in [0.15, 0.2) is 23.5 Å². The van der Waals surface area contributed by atoms with Crippen LogP contribution in [0.5, 0.6) is 11.5 Å². The molecule has 1 aromatic rings. The summed E-state index contributed by atoms with van der Waals surface area (Å²) in [6, 6.07) is 0.916. The Labute approximate surface area is 166 Å². The average Bonchev–Trinajstić information content (AvgIpc) is 2.63. The molecule has 1 aromatic carbocycles. The minimum Gasteiger partial charge on any atom is -0.504 e. The number of para-hydroxylation sites is 1. The number of phenolic OH excluding ortho intramolecular Hbond substituents is 2. The number of aliphatic hydroxyl groups is 1. The molecule has 0 aliphatic carbocycles. The van der Waals surface area contributed by atoms with E-state index in [9.17, 15) is 29.7 Å². The van der Waals surface area contributed by atoms with Gasteiger partial charge < -0.3 is 42.5 Å². The summed E-state index contributed by atoms with van der Waals surface area (Å²) in [6.45, 7) is 1.34. The number of nitrogens with one attached hydrogen (secondary N) is 2. The van der Waals surface area contributed by atoms with Crippen molar-refractivity contribution < 1.29 is 34.8 Å². The number of aliphatic carboxylic acids is 1. The molecule has 0 aliphatic heterocycles. The van der Waals surface area contributed by atoms with Crippen LogP contribution >= 0.6 is 0 Å². The number of carbonyl (C=O) groups is 3. The van der Waals surface area contributed by atoms with E-state index in [1.807, 2.05) is 0 Å². The number of amides is 2. The molecule has 12 heteroatoms. The Bertz CT molecular complexity index is 777. The molecule has 2 amide bonds. The van der Waals surface area contributed by atoms with Gasteiger partial charge in [-0.15, -0.1) is 0 Å². The number of hydrogen-bond donors (Lipinski definition) is 8. The van der Waals surface area contributed by atoms with E-state index >= 15 is 0 Å². The van der Waals surface area contributed by atoms with Crippen molar-refractivity contribution in [3.63, 3.8) is 0 Å². The predicted octanol–water partition coefficient (Wildman–Crippen LogP) is -1.80. The molecule has 0 heterocycles. The van der Waals surface area contributed by atoms with E-state index < -0.39 is 47.5 Å². The first-order valence-corrected chi connectivity index (χ1v) is 8.63. The maximum absolute atomic E-state index is 12.5. The summed E-state index contributed by atoms with van der Waals surface area (Å²) in [5.41, 5.74) is 10.2. The number of phenols is 2. The Balaban J connectivity index is 2.98. The molecule has 0 spiro atoms. The predicted molar refractivity (Wildman–Crippen MR) is 102 cm³/mol. The topological polar surface area (TPSA) is 221 Å². The second-order valence-electron chi connectivity index (χ2n) is 6.21. The third kappa shape index (κ3) is 7.18. The van der Waals surface area contributed by atoms with E-state index in [-0.39, 0.29) is 30.9 Å². The van der Waals surface area contributed by atoms with Gasteiger partial charge in [-0.1, -0.05) is 6.07 Å². The largest absolute Gasteiger partial charge is 0.504 e. The Kier molecular flexibility index (Phi) is 8.68. The molecule has 29 heavy (non-hydrogen) atoms. The Morgan fingerprint density at radius 3 is 2.38 bits per heavy atom. The monoisotopic (exact) mass is 411 g/mol. The number of aromatic hydroxyl groups is 2. The van der Waals surface area contributed by atoms with E-state index in [1.165, 1.54) is 25.1 Å². The van der Waals surface area contributed by atoms with E-state index in [0.717, 1.165) is 0 Å². The highest BCUT2D eigenvalue weighted by molar-refractivity contribution is 6.00. The summed E-state index contributed by atoms with van der Waals surface area (Å²) in [5, 5.41) is 42.5. The lowest BCUT2D eigenvalue weighted by Gasteiger charge is -2.23. The van der Waals surface area contributed by atoms with Crippen molar-refractivity contribution >= 4 is 23.7 Å². The van der Waals surface area contributed by atoms with Crippen LogP contribution in [0.15, 0.2) is 23.2 Å². The summed E-state index contributed by atoms with van der Waals surface area (Å²) in [6.07, 6.45) is -1.10. The molecule has 0 aliphatic rings. The molecule has 0 aromatic heterocycles. The number of carbonyl (C=O) groups excluding carboxylic acids is 2. The van der Waals surface area contributed by atoms with Gasteiger partial charge in [0, 0.05) is 6.54 Å². The summed E-state index contributed by atoms with van der Waals surface area (Å²) in [5.74, 6) is -4.53. The SMILES string of the molecule is CC(O)[C@H](NC(=O)[C@H](CCCN=C(N)N)NC(=O)c1cccc(O)c1O)C(=O)O. The van der Waals surface area contributed by atoms with Crippen LogP contribution in [0.1, 0.15) is 30.1 Å². The van der Waals surface area contributed by atoms with E-state index in [2.05, 4.69) is 15.6 Å². The van der Waals surface area contributed by atoms with Gasteiger partial charge in [-0.25, -0.2) is 4.79 Å². The number of benzene rings is 1. The fourth-order valence-corrected chi connectivity index (χ4v) is 2.37. The Morgan fingerprint density at radius 1 is 1.17 bits per heavy atom. The summed E-state index contributed by atoms with van der Waals surface area (Å²) >= 11 is 0. The molecule has 0 saturated heterocycles. The number of aliphatic imine (C=N–C) groups is 1. The second-order valence-corrected chi connectivity index (χ2v) is 6.21. The summed E-state index contributed by atoms with van der Waals surface area (Å²) in [4.78, 5) is 39.9. The van der Waals surface area contributed by atoms with Gasteiger partial charge >= 0.3 is 5.97 Å². The van der Waals surface area contributed by atoms with Crippen LogP contribution < -0.4 is 22.1 Å². The van der Waals surface area contributed by atoms with Gasteiger partial charge in [-0.2, -0.15) is 0 Å². The molecular weight excluding hydrogens is 386 g/mol. The molecule has 1 rings (SSSR count). The van der Waals surface area contributed by atoms with Gasteiger partial charge in [0.2, 0.25) is 5.91 Å². The number of aliphatic hydroxyl groups excluding tert-OH is 1. The van der Waals surface area contributed by atoms with Gasteiger partial charge in [-0.3, -0.25) is 14.6 Å². The standard InChI is InChI=1S/C17H25N5O7/c1-8(23)12(16(28)29)22-15(27)10(5-3-7-20-17(18)19)21-14(26)9-4-2-6-11(24)13(9)25/h2,4,6,8,10,12,23-25H,3,5,7H2,1H3,(H,21,26)(H,22,27)(H,28,29)(H4,18,19,20)/t8?,10-,12-/m0/s1. The van der Waals surface area contributed by atoms with Crippen LogP contribution in [-0.4, -0.2) is 68.9 Å². The zero-order valence-electron chi connectivity index (χ0n) is 15.7. The number of rotatable bonds is 10. The molecule has 3 atom stereocenters. The van der Waals surface area contributed by atoms with E-state index in [4.69, 9.17) is 16.6 Å². The maximum atomic E-state index is 12.5. The van der Waals surface area contributed by atoms with Crippen molar-refractivity contribution in [1.29, 1.82) is 0 Å². The van der Waals surface area contributed by atoms with Crippen molar-refractivity contribution in [2.75, 3.05) is 6.54 Å². The van der Waals surface area contributed by atoms with Crippen molar-refractivity contribution in [2.24, 2.45) is 16.5 Å². The summed E-state index contributed by atoms with van der Waals surface area (Å²) in [7, 11) is 0. The average molecular weight is 411 g/mol. The first kappa shape index (κ1) is 23.5. The number of carboxylic acid groups (broad SMARTS) is 1. The van der Waals surface area contributed by atoms with Gasteiger partial charge in [-0.05, 0) is 31.9 Å². The highest BCUT2D eigenvalue weighted by Crippen LogP contribution is 2.28. The van der Waals surface area contributed by atoms with Crippen molar-refractivity contribution in [3.05, 3.63) is 23.8 Å². The molecular formula is C17H25N5O7. The fourth-order valence-electron chi connectivity index (χ4n) is 2.37. The van der Waals surface area contributed by atoms with Crippen molar-refractivity contribution in [2.45, 2.75) is 38.0 Å². The lowest BCUT2D eigenvalue weighted by Crippen LogP contribution is -2.54. The second kappa shape index (κ2) is 10.7. The molecule has 0 radical (unpaired) electrons. The summed E-state index contributed by atoms with van der Waals surface area (Å²) < 4.78 is 0. The molecule has 0 bridgehead atoms. The molecule has 10 N–H and O–H groups in total. The van der Waals surface area contributed by atoms with Crippen molar-refractivity contribution in [1.82, 2.24) is 10.6 Å². The van der Waals surface area contributed by atoms with Crippen LogP contribution in [-0.2, 0) is 9.59 Å². The highest BCUT2D eigenvalue weighted by atomic mass is 16.4. The first-order valence-electron chi connectivity index (χ1n) is 8.63. The zero-order valence-corrected chi connectivity index (χ0v) is 15.7. The minimum absolute atomic E-state index is 0.0279. The van der Waals surface area contributed by atoms with Crippen LogP contribution in [0.25, 0.3) is 0 Å². The Morgan fingerprint density at radius 2 is 1.83 bits per heavy atom. The molecule has 0 fully saturated rings. The quantitative estimate of drug-likeness (QED) is 0.0940. The minimum atomic E-state index is -1.59. The highest BCUT2D eigenvalue weighted by Gasteiger charge is 2.30. The first-order chi connectivity index (χ1) is 13.5. The van der Waals surface area contributed by atoms with E-state index in [0.29, 0.717) is 0 Å². The number of carboxylic acids is 1. The lowest BCUT2D eigenvalue weighted by molar-refractivity contribution is -0.145. The molecule has 160 valence electrons. The van der Waals surface area contributed by atoms with Gasteiger partial charge in [0.05, 0.1) is 11.7 Å². The zero-order chi connectivity index (χ0) is 22.1. The van der Waals surface area contributed by atoms with Gasteiger partial charge in [0.25, 0.3) is 5.91 Å². The third-order valence-electron chi connectivity index (χ3n) is 3.87. The van der Waals surface area contributed by atoms with Crippen molar-refractivity contribution in [3.8, 4) is 11.5 Å². The molecule has 1 unspecified atom stereocenters. The third-order valence-corrected chi connectivity index (χ3v) is 3.87. The van der Waals surface area contributed by atoms with Gasteiger partial charge in [0.1, 0.15) is 6.04 Å². The number of nitrogens with two attached hydrogens (primary N) is 2. The fraction of sp³-hybridized carbons (Fsp3) is 0.412. The number of guanidine groups is 1. The number of nitrogens with zero attached hydrogens (tertiary/aromatic N) is 1. The van der Waals surface area contributed by atoms with Crippen LogP contribution in [0.2, 0.25) is 0 Å². The smallest absolute Gasteiger partial charge is 0.328 e. The van der Waals surface area contributed by atoms with Crippen LogP contribution in [0.3, 0.4) is 0 Å². The van der Waals surface area contributed by atoms with E-state index in [1.54, 1.807) is 0 Å².